The molecule has 98 valence electrons. The van der Waals surface area contributed by atoms with Crippen molar-refractivity contribution in [2.75, 3.05) is 18.9 Å². The zero-order chi connectivity index (χ0) is 13.1. The average Bonchev–Trinajstić information content (AvgIpc) is 2.29. The number of halogens is 2. The van der Waals surface area contributed by atoms with E-state index in [4.69, 9.17) is 10.5 Å². The Hall–Kier alpha value is -0.130. The molecule has 0 bridgehead atoms. The highest BCUT2D eigenvalue weighted by Gasteiger charge is 1.95. The van der Waals surface area contributed by atoms with Gasteiger partial charge in [0.2, 0.25) is 0 Å². The van der Waals surface area contributed by atoms with Crippen molar-refractivity contribution in [3.63, 3.8) is 0 Å². The van der Waals surface area contributed by atoms with Gasteiger partial charge in [0.15, 0.2) is 0 Å². The van der Waals surface area contributed by atoms with Gasteiger partial charge in [-0.25, -0.2) is 4.98 Å². The molecule has 2 N–H and O–H groups in total. The first-order chi connectivity index (χ1) is 8.13. The van der Waals surface area contributed by atoms with Crippen LogP contribution in [-0.2, 0) is 10.1 Å². The number of alkyl halides is 1. The van der Waals surface area contributed by atoms with E-state index in [9.17, 15) is 0 Å². The lowest BCUT2D eigenvalue weighted by atomic mass is 10.3. The largest absolute Gasteiger partial charge is 0.384 e. The molecule has 17 heavy (non-hydrogen) atoms. The average molecular weight is 368 g/mol. The maximum Gasteiger partial charge on any atom is 0.124 e. The SMILES string of the molecule is CCCCOCC.Nc1cc(CBr)cc(Br)n1. The number of hydrogen-bond acceptors (Lipinski definition) is 3. The van der Waals surface area contributed by atoms with E-state index in [1.54, 1.807) is 0 Å². The van der Waals surface area contributed by atoms with E-state index in [0.717, 1.165) is 28.7 Å². The van der Waals surface area contributed by atoms with Crippen LogP contribution < -0.4 is 5.73 Å². The fraction of sp³-hybridized carbons (Fsp3) is 0.583. The van der Waals surface area contributed by atoms with Crippen LogP contribution in [0.4, 0.5) is 5.82 Å². The minimum absolute atomic E-state index is 0.545. The van der Waals surface area contributed by atoms with Crippen LogP contribution in [0.25, 0.3) is 0 Å². The molecule has 1 aromatic rings. The Labute approximate surface area is 120 Å². The molecule has 0 saturated carbocycles. The summed E-state index contributed by atoms with van der Waals surface area (Å²) in [5, 5.41) is 0.804. The highest BCUT2D eigenvalue weighted by atomic mass is 79.9. The van der Waals surface area contributed by atoms with Crippen molar-refractivity contribution < 1.29 is 4.74 Å². The molecule has 1 heterocycles. The standard InChI is InChI=1S/C6H6Br2N2.C6H14O/c7-3-4-1-5(8)10-6(9)2-4;1-3-5-6-7-4-2/h1-2H,3H2,(H2,9,10);3-6H2,1-2H3. The van der Waals surface area contributed by atoms with Gasteiger partial charge in [0, 0.05) is 18.5 Å². The lowest BCUT2D eigenvalue weighted by Crippen LogP contribution is -1.91. The Kier molecular flexibility index (Phi) is 10.9. The number of hydrogen-bond donors (Lipinski definition) is 1. The number of nitrogens with zero attached hydrogens (tertiary/aromatic N) is 1. The monoisotopic (exact) mass is 366 g/mol. The zero-order valence-electron chi connectivity index (χ0n) is 10.4. The van der Waals surface area contributed by atoms with Crippen molar-refractivity contribution >= 4 is 37.7 Å². The molecule has 0 aromatic carbocycles. The number of pyridine rings is 1. The van der Waals surface area contributed by atoms with E-state index in [1.165, 1.54) is 12.8 Å². The molecule has 0 atom stereocenters. The maximum atomic E-state index is 5.47. The van der Waals surface area contributed by atoms with E-state index in [2.05, 4.69) is 43.8 Å². The fourth-order valence-corrected chi connectivity index (χ4v) is 1.86. The molecule has 1 rings (SSSR count). The third-order valence-electron chi connectivity index (χ3n) is 1.87. The van der Waals surface area contributed by atoms with Crippen LogP contribution in [0.2, 0.25) is 0 Å². The maximum absolute atomic E-state index is 5.47. The van der Waals surface area contributed by atoms with Gasteiger partial charge in [-0.05, 0) is 47.0 Å². The second-order valence-corrected chi connectivity index (χ2v) is 4.78. The van der Waals surface area contributed by atoms with Crippen molar-refractivity contribution in [1.82, 2.24) is 4.98 Å². The Morgan fingerprint density at radius 1 is 1.35 bits per heavy atom. The second kappa shape index (κ2) is 11.0. The van der Waals surface area contributed by atoms with Gasteiger partial charge < -0.3 is 10.5 Å². The van der Waals surface area contributed by atoms with Crippen LogP contribution in [-0.4, -0.2) is 18.2 Å². The summed E-state index contributed by atoms with van der Waals surface area (Å²) in [6.45, 7) is 5.99. The highest BCUT2D eigenvalue weighted by molar-refractivity contribution is 9.10. The van der Waals surface area contributed by atoms with Gasteiger partial charge in [-0.15, -0.1) is 0 Å². The molecule has 0 fully saturated rings. The van der Waals surface area contributed by atoms with Gasteiger partial charge in [0.25, 0.3) is 0 Å². The zero-order valence-corrected chi connectivity index (χ0v) is 13.6. The molecule has 0 aliphatic carbocycles. The summed E-state index contributed by atoms with van der Waals surface area (Å²) in [7, 11) is 0. The van der Waals surface area contributed by atoms with Crippen LogP contribution in [0.1, 0.15) is 32.3 Å². The third-order valence-corrected chi connectivity index (χ3v) is 2.93. The number of anilines is 1. The van der Waals surface area contributed by atoms with Gasteiger partial charge in [-0.1, -0.05) is 29.3 Å². The molecule has 0 aliphatic rings. The highest BCUT2D eigenvalue weighted by Crippen LogP contribution is 2.14. The molecule has 5 heteroatoms. The summed E-state index contributed by atoms with van der Waals surface area (Å²) in [5.41, 5.74) is 6.60. The lowest BCUT2D eigenvalue weighted by molar-refractivity contribution is 0.144. The smallest absolute Gasteiger partial charge is 0.124 e. The van der Waals surface area contributed by atoms with Crippen LogP contribution in [0.3, 0.4) is 0 Å². The Morgan fingerprint density at radius 3 is 2.53 bits per heavy atom. The van der Waals surface area contributed by atoms with Gasteiger partial charge in [-0.2, -0.15) is 0 Å². The van der Waals surface area contributed by atoms with Crippen LogP contribution in [0.15, 0.2) is 16.7 Å². The van der Waals surface area contributed by atoms with E-state index in [1.807, 2.05) is 19.1 Å². The van der Waals surface area contributed by atoms with E-state index >= 15 is 0 Å². The summed E-state index contributed by atoms with van der Waals surface area (Å²) < 4.78 is 5.85. The first-order valence-corrected chi connectivity index (χ1v) is 7.61. The van der Waals surface area contributed by atoms with Crippen LogP contribution in [0, 0.1) is 0 Å². The fourth-order valence-electron chi connectivity index (χ4n) is 1.04. The first kappa shape index (κ1) is 16.9. The molecule has 0 amide bonds. The molecule has 0 radical (unpaired) electrons. The van der Waals surface area contributed by atoms with Crippen molar-refractivity contribution in [3.8, 4) is 0 Å². The second-order valence-electron chi connectivity index (χ2n) is 3.41. The van der Waals surface area contributed by atoms with Gasteiger partial charge in [0.05, 0.1) is 0 Å². The number of ether oxygens (including phenoxy) is 1. The van der Waals surface area contributed by atoms with Crippen molar-refractivity contribution in [3.05, 3.63) is 22.3 Å². The number of unbranched alkanes of at least 4 members (excludes halogenated alkanes) is 1. The summed E-state index contributed by atoms with van der Waals surface area (Å²) in [6.07, 6.45) is 2.44. The predicted octanol–water partition coefficient (Wildman–Crippen LogP) is 4.14. The molecule has 0 unspecified atom stereocenters. The topological polar surface area (TPSA) is 48.1 Å². The molecule has 3 nitrogen and oxygen atoms in total. The first-order valence-electron chi connectivity index (χ1n) is 5.69. The van der Waals surface area contributed by atoms with Crippen molar-refractivity contribution in [2.45, 2.75) is 32.0 Å². The molecule has 0 saturated heterocycles. The summed E-state index contributed by atoms with van der Waals surface area (Å²) in [4.78, 5) is 3.96. The van der Waals surface area contributed by atoms with Gasteiger partial charge in [0.1, 0.15) is 10.4 Å². The van der Waals surface area contributed by atoms with E-state index in [-0.39, 0.29) is 0 Å². The Bertz CT molecular complexity index is 284. The summed E-state index contributed by atoms with van der Waals surface area (Å²) >= 11 is 6.56. The molecule has 0 spiro atoms. The van der Waals surface area contributed by atoms with Gasteiger partial charge in [-0.3, -0.25) is 0 Å². The number of rotatable bonds is 5. The number of nitrogens with two attached hydrogens (primary N) is 1. The molecular formula is C12H20Br2N2O. The van der Waals surface area contributed by atoms with Crippen molar-refractivity contribution in [1.29, 1.82) is 0 Å². The lowest BCUT2D eigenvalue weighted by Gasteiger charge is -1.97. The minimum atomic E-state index is 0.545. The van der Waals surface area contributed by atoms with Crippen molar-refractivity contribution in [2.24, 2.45) is 0 Å². The van der Waals surface area contributed by atoms with Crippen LogP contribution >= 0.6 is 31.9 Å². The molecular weight excluding hydrogens is 348 g/mol. The quantitative estimate of drug-likeness (QED) is 0.483. The third kappa shape index (κ3) is 9.56. The number of aromatic nitrogens is 1. The Morgan fingerprint density at radius 2 is 2.06 bits per heavy atom. The minimum Gasteiger partial charge on any atom is -0.384 e. The summed E-state index contributed by atoms with van der Waals surface area (Å²) in [5.74, 6) is 0.545. The molecule has 0 aliphatic heterocycles. The normalized spacial score (nSPS) is 9.65. The van der Waals surface area contributed by atoms with Gasteiger partial charge >= 0.3 is 0 Å². The van der Waals surface area contributed by atoms with E-state index < -0.39 is 0 Å². The number of nitrogen functional groups attached to an aromatic ring is 1. The summed E-state index contributed by atoms with van der Waals surface area (Å²) in [6, 6.07) is 3.75. The Balaban J connectivity index is 0.000000325. The van der Waals surface area contributed by atoms with Crippen LogP contribution in [0.5, 0.6) is 0 Å². The molecule has 1 aromatic heterocycles. The predicted molar refractivity (Wildman–Crippen MR) is 80.4 cm³/mol. The van der Waals surface area contributed by atoms with E-state index in [0.29, 0.717) is 5.82 Å².